The fraction of sp³-hybridized carbons (Fsp3) is 0.400. The van der Waals surface area contributed by atoms with Crippen LogP contribution in [0.2, 0.25) is 0 Å². The van der Waals surface area contributed by atoms with E-state index in [-0.39, 0.29) is 24.8 Å². The molecule has 0 aromatic heterocycles. The number of hydrazine groups is 1. The number of nitrogens with two attached hydrogens (primary N) is 1. The Kier molecular flexibility index (Phi) is 9.98. The van der Waals surface area contributed by atoms with E-state index in [0.29, 0.717) is 23.8 Å². The van der Waals surface area contributed by atoms with Gasteiger partial charge in [0.25, 0.3) is 0 Å². The van der Waals surface area contributed by atoms with Crippen molar-refractivity contribution < 1.29 is 14.2 Å². The van der Waals surface area contributed by atoms with Crippen LogP contribution in [0.25, 0.3) is 0 Å². The van der Waals surface area contributed by atoms with Crippen LogP contribution >= 0.6 is 24.8 Å². The van der Waals surface area contributed by atoms with Crippen LogP contribution in [0.15, 0.2) is 12.1 Å². The number of ether oxygens (including phenoxy) is 3. The van der Waals surface area contributed by atoms with Crippen LogP contribution in [-0.4, -0.2) is 21.3 Å². The quantitative estimate of drug-likeness (QED) is 0.634. The van der Waals surface area contributed by atoms with Gasteiger partial charge in [0.15, 0.2) is 11.5 Å². The molecule has 1 rings (SSSR count). The molecule has 100 valence electrons. The van der Waals surface area contributed by atoms with E-state index in [0.717, 1.165) is 5.56 Å². The molecule has 0 radical (unpaired) electrons. The molecule has 0 spiro atoms. The van der Waals surface area contributed by atoms with Gasteiger partial charge in [0.1, 0.15) is 0 Å². The van der Waals surface area contributed by atoms with Crippen LogP contribution in [0.1, 0.15) is 5.56 Å². The Morgan fingerprint density at radius 1 is 1.00 bits per heavy atom. The Morgan fingerprint density at radius 3 is 1.76 bits per heavy atom. The van der Waals surface area contributed by atoms with E-state index < -0.39 is 0 Å². The highest BCUT2D eigenvalue weighted by Crippen LogP contribution is 2.37. The van der Waals surface area contributed by atoms with Crippen LogP contribution in [0.5, 0.6) is 17.2 Å². The van der Waals surface area contributed by atoms with Crippen molar-refractivity contribution in [3.8, 4) is 17.2 Å². The van der Waals surface area contributed by atoms with Gasteiger partial charge in [-0.05, 0) is 17.7 Å². The van der Waals surface area contributed by atoms with Gasteiger partial charge in [0.05, 0.1) is 21.3 Å². The molecule has 5 nitrogen and oxygen atoms in total. The van der Waals surface area contributed by atoms with Crippen LogP contribution < -0.4 is 25.5 Å². The molecule has 17 heavy (non-hydrogen) atoms. The van der Waals surface area contributed by atoms with E-state index in [1.54, 1.807) is 21.3 Å². The fourth-order valence-electron chi connectivity index (χ4n) is 1.36. The normalized spacial score (nSPS) is 8.71. The fourth-order valence-corrected chi connectivity index (χ4v) is 1.36. The smallest absolute Gasteiger partial charge is 0.203 e. The predicted molar refractivity (Wildman–Crippen MR) is 71.6 cm³/mol. The monoisotopic (exact) mass is 284 g/mol. The molecular weight excluding hydrogens is 267 g/mol. The summed E-state index contributed by atoms with van der Waals surface area (Å²) in [5.41, 5.74) is 3.54. The van der Waals surface area contributed by atoms with E-state index in [1.165, 1.54) is 0 Å². The largest absolute Gasteiger partial charge is 0.493 e. The molecule has 0 saturated heterocycles. The summed E-state index contributed by atoms with van der Waals surface area (Å²) in [7, 11) is 4.73. The number of nitrogens with one attached hydrogen (secondary N) is 1. The van der Waals surface area contributed by atoms with Gasteiger partial charge < -0.3 is 14.2 Å². The average Bonchev–Trinajstić information content (AvgIpc) is 2.28. The van der Waals surface area contributed by atoms with Crippen LogP contribution in [0.4, 0.5) is 0 Å². The molecular formula is C10H18Cl2N2O3. The van der Waals surface area contributed by atoms with Crippen molar-refractivity contribution in [3.05, 3.63) is 17.7 Å². The predicted octanol–water partition coefficient (Wildman–Crippen LogP) is 1.52. The van der Waals surface area contributed by atoms with Crippen molar-refractivity contribution in [2.45, 2.75) is 6.54 Å². The van der Waals surface area contributed by atoms with Gasteiger partial charge in [-0.25, -0.2) is 0 Å². The Morgan fingerprint density at radius 2 is 1.47 bits per heavy atom. The van der Waals surface area contributed by atoms with Crippen LogP contribution in [-0.2, 0) is 6.54 Å². The molecule has 0 fully saturated rings. The second kappa shape index (κ2) is 9.18. The molecule has 0 saturated carbocycles. The standard InChI is InChI=1S/C10H16N2O3.2ClH/c1-13-8-4-7(6-12-11)5-9(14-2)10(8)15-3;;/h4-5,12H,6,11H2,1-3H3;2*1H. The minimum Gasteiger partial charge on any atom is -0.493 e. The molecule has 0 amide bonds. The summed E-state index contributed by atoms with van der Waals surface area (Å²) >= 11 is 0. The Hall–Kier alpha value is -0.880. The van der Waals surface area contributed by atoms with Gasteiger partial charge in [-0.1, -0.05) is 0 Å². The van der Waals surface area contributed by atoms with Crippen molar-refractivity contribution in [1.29, 1.82) is 0 Å². The summed E-state index contributed by atoms with van der Waals surface area (Å²) in [5, 5.41) is 0. The molecule has 0 aliphatic rings. The highest BCUT2D eigenvalue weighted by atomic mass is 35.5. The lowest BCUT2D eigenvalue weighted by molar-refractivity contribution is 0.323. The first-order chi connectivity index (χ1) is 7.26. The molecule has 0 aliphatic carbocycles. The Balaban J connectivity index is 0. The van der Waals surface area contributed by atoms with Gasteiger partial charge in [-0.2, -0.15) is 0 Å². The molecule has 0 aliphatic heterocycles. The number of rotatable bonds is 5. The third-order valence-corrected chi connectivity index (χ3v) is 2.03. The van der Waals surface area contributed by atoms with Crippen molar-refractivity contribution in [1.82, 2.24) is 5.43 Å². The van der Waals surface area contributed by atoms with E-state index >= 15 is 0 Å². The maximum atomic E-state index is 5.25. The molecule has 0 unspecified atom stereocenters. The van der Waals surface area contributed by atoms with Gasteiger partial charge in [0, 0.05) is 6.54 Å². The zero-order valence-corrected chi connectivity index (χ0v) is 11.6. The average molecular weight is 285 g/mol. The Labute approximate surface area is 113 Å². The summed E-state index contributed by atoms with van der Waals surface area (Å²) in [6.45, 7) is 0.538. The van der Waals surface area contributed by atoms with Gasteiger partial charge in [-0.3, -0.25) is 11.3 Å². The number of hydrogen-bond acceptors (Lipinski definition) is 5. The second-order valence-electron chi connectivity index (χ2n) is 2.91. The highest BCUT2D eigenvalue weighted by molar-refractivity contribution is 5.85. The van der Waals surface area contributed by atoms with Gasteiger partial charge in [0.2, 0.25) is 5.75 Å². The topological polar surface area (TPSA) is 65.7 Å². The SMILES string of the molecule is COc1cc(CNN)cc(OC)c1OC.Cl.Cl. The second-order valence-corrected chi connectivity index (χ2v) is 2.91. The summed E-state index contributed by atoms with van der Waals surface area (Å²) < 4.78 is 15.6. The number of hydrogen-bond donors (Lipinski definition) is 2. The molecule has 1 aromatic rings. The maximum Gasteiger partial charge on any atom is 0.203 e. The first-order valence-electron chi connectivity index (χ1n) is 4.49. The van der Waals surface area contributed by atoms with Crippen LogP contribution in [0, 0.1) is 0 Å². The van der Waals surface area contributed by atoms with Gasteiger partial charge in [-0.15, -0.1) is 24.8 Å². The summed E-state index contributed by atoms with van der Waals surface area (Å²) in [5.74, 6) is 7.09. The van der Waals surface area contributed by atoms with Crippen molar-refractivity contribution in [3.63, 3.8) is 0 Å². The summed E-state index contributed by atoms with van der Waals surface area (Å²) in [6, 6.07) is 3.70. The summed E-state index contributed by atoms with van der Waals surface area (Å²) in [4.78, 5) is 0. The van der Waals surface area contributed by atoms with E-state index in [9.17, 15) is 0 Å². The van der Waals surface area contributed by atoms with E-state index in [2.05, 4.69) is 5.43 Å². The third-order valence-electron chi connectivity index (χ3n) is 2.03. The minimum absolute atomic E-state index is 0. The van der Waals surface area contributed by atoms with E-state index in [4.69, 9.17) is 20.1 Å². The molecule has 0 bridgehead atoms. The van der Waals surface area contributed by atoms with Crippen molar-refractivity contribution >= 4 is 24.8 Å². The zero-order valence-electron chi connectivity index (χ0n) is 9.98. The van der Waals surface area contributed by atoms with Crippen molar-refractivity contribution in [2.24, 2.45) is 5.84 Å². The van der Waals surface area contributed by atoms with E-state index in [1.807, 2.05) is 12.1 Å². The van der Waals surface area contributed by atoms with Crippen molar-refractivity contribution in [2.75, 3.05) is 21.3 Å². The highest BCUT2D eigenvalue weighted by Gasteiger charge is 2.12. The molecule has 3 N–H and O–H groups in total. The zero-order chi connectivity index (χ0) is 11.3. The minimum atomic E-state index is 0. The lowest BCUT2D eigenvalue weighted by atomic mass is 10.2. The number of benzene rings is 1. The lowest BCUT2D eigenvalue weighted by Crippen LogP contribution is -2.20. The number of halogens is 2. The summed E-state index contributed by atoms with van der Waals surface area (Å²) in [6.07, 6.45) is 0. The lowest BCUT2D eigenvalue weighted by Gasteiger charge is -2.13. The molecule has 7 heteroatoms. The first kappa shape index (κ1) is 18.5. The third kappa shape index (κ3) is 4.47. The maximum absolute atomic E-state index is 5.25. The Bertz CT molecular complexity index is 312. The molecule has 0 atom stereocenters. The van der Waals surface area contributed by atoms with Gasteiger partial charge >= 0.3 is 0 Å². The molecule has 1 aromatic carbocycles. The molecule has 0 heterocycles. The first-order valence-corrected chi connectivity index (χ1v) is 4.49. The number of methoxy groups -OCH3 is 3. The van der Waals surface area contributed by atoms with Crippen LogP contribution in [0.3, 0.4) is 0 Å².